The Kier molecular flexibility index (Phi) is 9.65. The van der Waals surface area contributed by atoms with Crippen molar-refractivity contribution in [2.45, 2.75) is 45.4 Å². The number of nitrogens with zero attached hydrogens (tertiary/aromatic N) is 1. The average Bonchev–Trinajstić information content (AvgIpc) is 2.85. The highest BCUT2D eigenvalue weighted by Crippen LogP contribution is 2.22. The van der Waals surface area contributed by atoms with E-state index in [0.717, 1.165) is 18.4 Å². The molecular formula is C26H34N2O5S. The number of nitrogens with one attached hydrogen (secondary N) is 1. The first kappa shape index (κ1) is 25.9. The number of carbonyl (C=O) groups is 2. The lowest BCUT2D eigenvalue weighted by Gasteiger charge is -2.31. The van der Waals surface area contributed by atoms with Gasteiger partial charge in [-0.3, -0.25) is 4.79 Å². The maximum atomic E-state index is 12.8. The first-order valence-electron chi connectivity index (χ1n) is 12.0. The number of esters is 1. The molecule has 1 fully saturated rings. The van der Waals surface area contributed by atoms with E-state index in [2.05, 4.69) is 5.32 Å². The Labute approximate surface area is 202 Å². The van der Waals surface area contributed by atoms with E-state index in [1.165, 1.54) is 4.31 Å². The van der Waals surface area contributed by atoms with Crippen LogP contribution in [-0.2, 0) is 26.0 Å². The lowest BCUT2D eigenvalue weighted by atomic mass is 9.98. The molecule has 2 aromatic rings. The molecule has 1 heterocycles. The SMILES string of the molecule is CCCCOC(=O)c1ccc(NC(=O)[C@H]2CCCN(S(=O)(=O)CCCc3ccccc3)C2)cc1. The molecule has 0 bridgehead atoms. The van der Waals surface area contributed by atoms with Gasteiger partial charge in [-0.15, -0.1) is 0 Å². The molecule has 1 amide bonds. The van der Waals surface area contributed by atoms with Crippen LogP contribution < -0.4 is 5.32 Å². The molecular weight excluding hydrogens is 452 g/mol. The van der Waals surface area contributed by atoms with Crippen LogP contribution in [0.25, 0.3) is 0 Å². The Bertz CT molecular complexity index is 1040. The molecule has 0 aliphatic carbocycles. The summed E-state index contributed by atoms with van der Waals surface area (Å²) in [6, 6.07) is 16.4. The molecule has 1 aliphatic rings. The molecule has 0 spiro atoms. The van der Waals surface area contributed by atoms with Crippen molar-refractivity contribution in [2.75, 3.05) is 30.8 Å². The molecule has 3 rings (SSSR count). The van der Waals surface area contributed by atoms with E-state index in [1.54, 1.807) is 24.3 Å². The minimum Gasteiger partial charge on any atom is -0.462 e. The van der Waals surface area contributed by atoms with E-state index in [9.17, 15) is 18.0 Å². The fraction of sp³-hybridized carbons (Fsp3) is 0.462. The number of piperidine rings is 1. The second-order valence-electron chi connectivity index (χ2n) is 8.66. The molecule has 7 nitrogen and oxygen atoms in total. The van der Waals surface area contributed by atoms with Gasteiger partial charge in [0.25, 0.3) is 0 Å². The van der Waals surface area contributed by atoms with Crippen LogP contribution in [0.1, 0.15) is 54.9 Å². The van der Waals surface area contributed by atoms with Gasteiger partial charge in [0.2, 0.25) is 15.9 Å². The highest BCUT2D eigenvalue weighted by atomic mass is 32.2. The Balaban J connectivity index is 1.50. The van der Waals surface area contributed by atoms with Crippen LogP contribution in [-0.4, -0.2) is 50.0 Å². The molecule has 0 unspecified atom stereocenters. The predicted molar refractivity (Wildman–Crippen MR) is 133 cm³/mol. The molecule has 1 saturated heterocycles. The summed E-state index contributed by atoms with van der Waals surface area (Å²) in [5.41, 5.74) is 2.12. The van der Waals surface area contributed by atoms with Gasteiger partial charge in [-0.25, -0.2) is 17.5 Å². The van der Waals surface area contributed by atoms with Gasteiger partial charge in [0.1, 0.15) is 0 Å². The Hall–Kier alpha value is -2.71. The number of anilines is 1. The Morgan fingerprint density at radius 3 is 2.50 bits per heavy atom. The van der Waals surface area contributed by atoms with Crippen LogP contribution in [0.5, 0.6) is 0 Å². The minimum absolute atomic E-state index is 0.0754. The van der Waals surface area contributed by atoms with Crippen molar-refractivity contribution in [1.82, 2.24) is 4.31 Å². The average molecular weight is 487 g/mol. The number of ether oxygens (including phenoxy) is 1. The largest absolute Gasteiger partial charge is 0.462 e. The third kappa shape index (κ3) is 7.67. The van der Waals surface area contributed by atoms with Crippen LogP contribution >= 0.6 is 0 Å². The zero-order chi connectivity index (χ0) is 24.4. The van der Waals surface area contributed by atoms with Crippen molar-refractivity contribution < 1.29 is 22.7 Å². The molecule has 1 aliphatic heterocycles. The number of hydrogen-bond donors (Lipinski definition) is 1. The molecule has 0 radical (unpaired) electrons. The number of amides is 1. The minimum atomic E-state index is -3.42. The maximum Gasteiger partial charge on any atom is 0.338 e. The molecule has 1 N–H and O–H groups in total. The Morgan fingerprint density at radius 1 is 1.06 bits per heavy atom. The molecule has 1 atom stereocenters. The number of unbranched alkanes of at least 4 members (excludes halogenated alkanes) is 1. The highest BCUT2D eigenvalue weighted by molar-refractivity contribution is 7.89. The van der Waals surface area contributed by atoms with Crippen molar-refractivity contribution >= 4 is 27.6 Å². The molecule has 0 saturated carbocycles. The van der Waals surface area contributed by atoms with Crippen molar-refractivity contribution in [2.24, 2.45) is 5.92 Å². The number of aryl methyl sites for hydroxylation is 1. The van der Waals surface area contributed by atoms with Crippen LogP contribution in [0.15, 0.2) is 54.6 Å². The topological polar surface area (TPSA) is 92.8 Å². The van der Waals surface area contributed by atoms with Crippen molar-refractivity contribution in [1.29, 1.82) is 0 Å². The van der Waals surface area contributed by atoms with Crippen LogP contribution in [0.4, 0.5) is 5.69 Å². The van der Waals surface area contributed by atoms with E-state index in [4.69, 9.17) is 4.74 Å². The van der Waals surface area contributed by atoms with E-state index >= 15 is 0 Å². The summed E-state index contributed by atoms with van der Waals surface area (Å²) in [7, 11) is -3.42. The quantitative estimate of drug-likeness (QED) is 0.378. The molecule has 34 heavy (non-hydrogen) atoms. The van der Waals surface area contributed by atoms with E-state index in [-0.39, 0.29) is 24.2 Å². The predicted octanol–water partition coefficient (Wildman–Crippen LogP) is 4.26. The molecule has 0 aromatic heterocycles. The van der Waals surface area contributed by atoms with Gasteiger partial charge in [-0.05, 0) is 61.9 Å². The monoisotopic (exact) mass is 486 g/mol. The van der Waals surface area contributed by atoms with E-state index in [1.807, 2.05) is 37.3 Å². The molecule has 184 valence electrons. The van der Waals surface area contributed by atoms with Crippen LogP contribution in [0.3, 0.4) is 0 Å². The van der Waals surface area contributed by atoms with Crippen LogP contribution in [0, 0.1) is 5.92 Å². The standard InChI is InChI=1S/C26H34N2O5S/c1-2-3-18-33-26(30)22-13-15-24(16-14-22)27-25(29)23-12-7-17-28(20-23)34(31,32)19-8-11-21-9-5-4-6-10-21/h4-6,9-10,13-16,23H,2-3,7-8,11-12,17-20H2,1H3,(H,27,29)/t23-/m0/s1. The number of benzene rings is 2. The van der Waals surface area contributed by atoms with Crippen LogP contribution in [0.2, 0.25) is 0 Å². The lowest BCUT2D eigenvalue weighted by Crippen LogP contribution is -2.44. The number of rotatable bonds is 11. The maximum absolute atomic E-state index is 12.8. The molecule has 8 heteroatoms. The fourth-order valence-corrected chi connectivity index (χ4v) is 5.55. The number of hydrogen-bond acceptors (Lipinski definition) is 5. The first-order valence-corrected chi connectivity index (χ1v) is 13.6. The summed E-state index contributed by atoms with van der Waals surface area (Å²) in [6.45, 7) is 3.06. The normalized spacial score (nSPS) is 16.7. The lowest BCUT2D eigenvalue weighted by molar-refractivity contribution is -0.120. The summed E-state index contributed by atoms with van der Waals surface area (Å²) in [4.78, 5) is 24.8. The summed E-state index contributed by atoms with van der Waals surface area (Å²) in [5, 5.41) is 2.85. The summed E-state index contributed by atoms with van der Waals surface area (Å²) in [6.07, 6.45) is 4.32. The zero-order valence-corrected chi connectivity index (χ0v) is 20.6. The van der Waals surface area contributed by atoms with Gasteiger partial charge < -0.3 is 10.1 Å². The van der Waals surface area contributed by atoms with Crippen molar-refractivity contribution in [3.05, 3.63) is 65.7 Å². The van der Waals surface area contributed by atoms with Gasteiger partial charge >= 0.3 is 5.97 Å². The van der Waals surface area contributed by atoms with Gasteiger partial charge in [0.15, 0.2) is 0 Å². The second kappa shape index (κ2) is 12.7. The van der Waals surface area contributed by atoms with Crippen molar-refractivity contribution in [3.8, 4) is 0 Å². The zero-order valence-electron chi connectivity index (χ0n) is 19.7. The van der Waals surface area contributed by atoms with E-state index in [0.29, 0.717) is 50.1 Å². The fourth-order valence-electron chi connectivity index (χ4n) is 3.97. The summed E-state index contributed by atoms with van der Waals surface area (Å²) < 4.78 is 32.3. The number of sulfonamides is 1. The first-order chi connectivity index (χ1) is 16.4. The Morgan fingerprint density at radius 2 is 1.79 bits per heavy atom. The smallest absolute Gasteiger partial charge is 0.338 e. The van der Waals surface area contributed by atoms with E-state index < -0.39 is 15.9 Å². The highest BCUT2D eigenvalue weighted by Gasteiger charge is 2.32. The van der Waals surface area contributed by atoms with Gasteiger partial charge in [0, 0.05) is 18.8 Å². The van der Waals surface area contributed by atoms with Gasteiger partial charge in [-0.2, -0.15) is 0 Å². The summed E-state index contributed by atoms with van der Waals surface area (Å²) >= 11 is 0. The molecule has 2 aromatic carbocycles. The summed E-state index contributed by atoms with van der Waals surface area (Å²) in [5.74, 6) is -0.919. The number of carbonyl (C=O) groups excluding carboxylic acids is 2. The third-order valence-electron chi connectivity index (χ3n) is 5.98. The van der Waals surface area contributed by atoms with Gasteiger partial charge in [-0.1, -0.05) is 43.7 Å². The van der Waals surface area contributed by atoms with Gasteiger partial charge in [0.05, 0.1) is 23.8 Å². The second-order valence-corrected chi connectivity index (χ2v) is 10.7. The van der Waals surface area contributed by atoms with Crippen molar-refractivity contribution in [3.63, 3.8) is 0 Å². The third-order valence-corrected chi connectivity index (χ3v) is 7.90.